The van der Waals surface area contributed by atoms with Gasteiger partial charge in [0.2, 0.25) is 0 Å². The fourth-order valence-electron chi connectivity index (χ4n) is 2.84. The number of likely N-dealkylation sites (N-methyl/N-ethyl adjacent to an activating group) is 1. The van der Waals surface area contributed by atoms with Crippen LogP contribution in [0.4, 0.5) is 0 Å². The Bertz CT molecular complexity index is 407. The third-order valence-corrected chi connectivity index (χ3v) is 4.06. The van der Waals surface area contributed by atoms with Crippen molar-refractivity contribution in [2.45, 2.75) is 51.3 Å². The summed E-state index contributed by atoms with van der Waals surface area (Å²) >= 11 is 0. The summed E-state index contributed by atoms with van der Waals surface area (Å²) in [5.41, 5.74) is 1.51. The monoisotopic (exact) mass is 290 g/mol. The number of hydrogen-bond acceptors (Lipinski definition) is 3. The molecule has 2 rings (SSSR count). The van der Waals surface area contributed by atoms with Gasteiger partial charge >= 0.3 is 0 Å². The van der Waals surface area contributed by atoms with E-state index in [0.29, 0.717) is 12.1 Å². The van der Waals surface area contributed by atoms with E-state index in [9.17, 15) is 0 Å². The van der Waals surface area contributed by atoms with Crippen molar-refractivity contribution in [2.75, 3.05) is 26.7 Å². The second-order valence-corrected chi connectivity index (χ2v) is 7.13. The molecule has 2 atom stereocenters. The van der Waals surface area contributed by atoms with Crippen molar-refractivity contribution >= 4 is 0 Å². The van der Waals surface area contributed by atoms with E-state index in [1.807, 2.05) is 0 Å². The van der Waals surface area contributed by atoms with E-state index in [2.05, 4.69) is 68.4 Å². The van der Waals surface area contributed by atoms with Crippen molar-refractivity contribution in [1.82, 2.24) is 10.2 Å². The molecule has 0 amide bonds. The van der Waals surface area contributed by atoms with Crippen molar-refractivity contribution < 1.29 is 4.74 Å². The molecule has 0 saturated carbocycles. The molecule has 1 heterocycles. The van der Waals surface area contributed by atoms with E-state index in [4.69, 9.17) is 4.74 Å². The summed E-state index contributed by atoms with van der Waals surface area (Å²) in [7, 11) is 2.21. The minimum atomic E-state index is 0.137. The van der Waals surface area contributed by atoms with Crippen LogP contribution in [-0.2, 0) is 4.74 Å². The molecular formula is C18H30N2O. The molecule has 0 radical (unpaired) electrons. The standard InChI is InChI=1S/C18H30N2O/c1-18(2,3)19-13-17(15-9-6-5-7-10-15)20(4)14-16-11-8-12-21-16/h5-7,9-10,16-17,19H,8,11-14H2,1-4H3. The molecule has 118 valence electrons. The summed E-state index contributed by atoms with van der Waals surface area (Å²) in [6.45, 7) is 9.54. The maximum atomic E-state index is 5.79. The Morgan fingerprint density at radius 3 is 2.57 bits per heavy atom. The molecule has 0 bridgehead atoms. The van der Waals surface area contributed by atoms with Crippen LogP contribution in [0.15, 0.2) is 30.3 Å². The first-order chi connectivity index (χ1) is 9.96. The number of nitrogens with zero attached hydrogens (tertiary/aromatic N) is 1. The fraction of sp³-hybridized carbons (Fsp3) is 0.667. The van der Waals surface area contributed by atoms with Crippen LogP contribution in [0.2, 0.25) is 0 Å². The van der Waals surface area contributed by atoms with Gasteiger partial charge in [0.05, 0.1) is 6.10 Å². The predicted molar refractivity (Wildman–Crippen MR) is 88.5 cm³/mol. The van der Waals surface area contributed by atoms with Crippen LogP contribution >= 0.6 is 0 Å². The summed E-state index contributed by atoms with van der Waals surface area (Å²) < 4.78 is 5.79. The van der Waals surface area contributed by atoms with Gasteiger partial charge in [-0.1, -0.05) is 30.3 Å². The number of nitrogens with one attached hydrogen (secondary N) is 1. The first-order valence-electron chi connectivity index (χ1n) is 8.07. The van der Waals surface area contributed by atoms with Crippen LogP contribution in [0.5, 0.6) is 0 Å². The zero-order valence-electron chi connectivity index (χ0n) is 13.9. The minimum absolute atomic E-state index is 0.137. The lowest BCUT2D eigenvalue weighted by atomic mass is 10.0. The second kappa shape index (κ2) is 7.39. The zero-order chi connectivity index (χ0) is 15.3. The third-order valence-electron chi connectivity index (χ3n) is 4.06. The SMILES string of the molecule is CN(CC1CCCO1)C(CNC(C)(C)C)c1ccccc1. The van der Waals surface area contributed by atoms with Gasteiger partial charge in [0.1, 0.15) is 0 Å². The molecule has 1 N–H and O–H groups in total. The van der Waals surface area contributed by atoms with Gasteiger partial charge in [0.25, 0.3) is 0 Å². The molecule has 0 spiro atoms. The molecule has 0 aliphatic carbocycles. The lowest BCUT2D eigenvalue weighted by Gasteiger charge is -2.33. The van der Waals surface area contributed by atoms with Gasteiger partial charge in [0, 0.05) is 31.3 Å². The number of ether oxygens (including phenoxy) is 1. The molecule has 1 aromatic rings. The van der Waals surface area contributed by atoms with Crippen molar-refractivity contribution in [3.05, 3.63) is 35.9 Å². The Labute approximate surface area is 129 Å². The highest BCUT2D eigenvalue weighted by atomic mass is 16.5. The predicted octanol–water partition coefficient (Wildman–Crippen LogP) is 3.23. The molecule has 1 saturated heterocycles. The summed E-state index contributed by atoms with van der Waals surface area (Å²) in [6, 6.07) is 11.2. The Balaban J connectivity index is 2.03. The zero-order valence-corrected chi connectivity index (χ0v) is 13.9. The molecule has 1 aliphatic heterocycles. The smallest absolute Gasteiger partial charge is 0.0702 e. The maximum absolute atomic E-state index is 5.79. The van der Waals surface area contributed by atoms with Crippen molar-refractivity contribution in [3.8, 4) is 0 Å². The van der Waals surface area contributed by atoms with E-state index in [0.717, 1.165) is 19.7 Å². The van der Waals surface area contributed by atoms with Crippen LogP contribution in [0.1, 0.15) is 45.2 Å². The Morgan fingerprint density at radius 2 is 2.00 bits per heavy atom. The molecular weight excluding hydrogens is 260 g/mol. The van der Waals surface area contributed by atoms with Gasteiger partial charge in [0.15, 0.2) is 0 Å². The lowest BCUT2D eigenvalue weighted by Crippen LogP contribution is -2.43. The average molecular weight is 290 g/mol. The van der Waals surface area contributed by atoms with Crippen LogP contribution in [0.25, 0.3) is 0 Å². The highest BCUT2D eigenvalue weighted by Crippen LogP contribution is 2.22. The van der Waals surface area contributed by atoms with Crippen molar-refractivity contribution in [2.24, 2.45) is 0 Å². The van der Waals surface area contributed by atoms with Gasteiger partial charge in [-0.25, -0.2) is 0 Å². The lowest BCUT2D eigenvalue weighted by molar-refractivity contribution is 0.0665. The van der Waals surface area contributed by atoms with Crippen LogP contribution in [0, 0.1) is 0 Å². The van der Waals surface area contributed by atoms with E-state index >= 15 is 0 Å². The molecule has 3 nitrogen and oxygen atoms in total. The van der Waals surface area contributed by atoms with Crippen LogP contribution < -0.4 is 5.32 Å². The van der Waals surface area contributed by atoms with Gasteiger partial charge in [-0.3, -0.25) is 4.90 Å². The summed E-state index contributed by atoms with van der Waals surface area (Å²) in [4.78, 5) is 2.43. The van der Waals surface area contributed by atoms with E-state index in [1.165, 1.54) is 18.4 Å². The highest BCUT2D eigenvalue weighted by Gasteiger charge is 2.24. The quantitative estimate of drug-likeness (QED) is 0.870. The molecule has 2 unspecified atom stereocenters. The average Bonchev–Trinajstić information content (AvgIpc) is 2.91. The number of benzene rings is 1. The van der Waals surface area contributed by atoms with E-state index in [1.54, 1.807) is 0 Å². The van der Waals surface area contributed by atoms with Gasteiger partial charge < -0.3 is 10.1 Å². The molecule has 1 aromatic carbocycles. The van der Waals surface area contributed by atoms with Crippen LogP contribution in [-0.4, -0.2) is 43.3 Å². The van der Waals surface area contributed by atoms with Crippen molar-refractivity contribution in [1.29, 1.82) is 0 Å². The summed E-state index contributed by atoms with van der Waals surface area (Å²) in [5, 5.41) is 3.64. The molecule has 21 heavy (non-hydrogen) atoms. The summed E-state index contributed by atoms with van der Waals surface area (Å²) in [6.07, 6.45) is 2.80. The largest absolute Gasteiger partial charge is 0.377 e. The van der Waals surface area contributed by atoms with Crippen LogP contribution in [0.3, 0.4) is 0 Å². The molecule has 1 fully saturated rings. The first kappa shape index (κ1) is 16.5. The number of hydrogen-bond donors (Lipinski definition) is 1. The first-order valence-corrected chi connectivity index (χ1v) is 8.07. The minimum Gasteiger partial charge on any atom is -0.377 e. The molecule has 3 heteroatoms. The summed E-state index contributed by atoms with van der Waals surface area (Å²) in [5.74, 6) is 0. The third kappa shape index (κ3) is 5.42. The molecule has 0 aromatic heterocycles. The van der Waals surface area contributed by atoms with E-state index in [-0.39, 0.29) is 5.54 Å². The molecule has 1 aliphatic rings. The Hall–Kier alpha value is -0.900. The van der Waals surface area contributed by atoms with Gasteiger partial charge in [-0.2, -0.15) is 0 Å². The maximum Gasteiger partial charge on any atom is 0.0702 e. The second-order valence-electron chi connectivity index (χ2n) is 7.13. The normalized spacial score (nSPS) is 20.9. The number of rotatable bonds is 6. The Kier molecular flexibility index (Phi) is 5.80. The Morgan fingerprint density at radius 1 is 1.29 bits per heavy atom. The van der Waals surface area contributed by atoms with Gasteiger partial charge in [-0.05, 0) is 46.2 Å². The van der Waals surface area contributed by atoms with Gasteiger partial charge in [-0.15, -0.1) is 0 Å². The topological polar surface area (TPSA) is 24.5 Å². The van der Waals surface area contributed by atoms with Crippen molar-refractivity contribution in [3.63, 3.8) is 0 Å². The van der Waals surface area contributed by atoms with E-state index < -0.39 is 0 Å². The fourth-order valence-corrected chi connectivity index (χ4v) is 2.84. The highest BCUT2D eigenvalue weighted by molar-refractivity contribution is 5.19.